The Hall–Kier alpha value is -2.69. The smallest absolute Gasteiger partial charge is 0.279 e. The number of benzene rings is 2. The van der Waals surface area contributed by atoms with E-state index in [1.165, 1.54) is 41.2 Å². The molecule has 0 aliphatic carbocycles. The molecule has 7 heteroatoms. The second-order valence-corrected chi connectivity index (χ2v) is 10.2. The van der Waals surface area contributed by atoms with Gasteiger partial charge in [-0.1, -0.05) is 44.1 Å². The number of nitrogens with zero attached hydrogens (tertiary/aromatic N) is 2. The van der Waals surface area contributed by atoms with Crippen molar-refractivity contribution < 1.29 is 13.2 Å². The predicted molar refractivity (Wildman–Crippen MR) is 117 cm³/mol. The minimum Gasteiger partial charge on any atom is -0.305 e. The molecule has 0 aliphatic heterocycles. The number of carbonyl (C=O) groups excluding carboxylic acids is 1. The lowest BCUT2D eigenvalue weighted by Gasteiger charge is -2.05. The molecule has 150 valence electrons. The van der Waals surface area contributed by atoms with Crippen LogP contribution in [0.1, 0.15) is 42.6 Å². The van der Waals surface area contributed by atoms with E-state index in [-0.39, 0.29) is 10.6 Å². The summed E-state index contributed by atoms with van der Waals surface area (Å²) in [6.07, 6.45) is 5.52. The Morgan fingerprint density at radius 1 is 1.21 bits per heavy atom. The van der Waals surface area contributed by atoms with Gasteiger partial charge in [0, 0.05) is 5.56 Å². The van der Waals surface area contributed by atoms with Gasteiger partial charge >= 0.3 is 0 Å². The van der Waals surface area contributed by atoms with E-state index in [4.69, 9.17) is 6.42 Å². The van der Waals surface area contributed by atoms with E-state index in [0.717, 1.165) is 10.2 Å². The average Bonchev–Trinajstić information content (AvgIpc) is 3.04. The van der Waals surface area contributed by atoms with Gasteiger partial charge in [0.15, 0.2) is 14.6 Å². The molecule has 2 aromatic carbocycles. The third kappa shape index (κ3) is 4.34. The van der Waals surface area contributed by atoms with Crippen LogP contribution in [0.15, 0.2) is 52.4 Å². The van der Waals surface area contributed by atoms with Gasteiger partial charge in [0.1, 0.15) is 0 Å². The maximum absolute atomic E-state index is 12.7. The minimum absolute atomic E-state index is 0.0108. The van der Waals surface area contributed by atoms with Crippen molar-refractivity contribution in [3.63, 3.8) is 0 Å². The van der Waals surface area contributed by atoms with Crippen LogP contribution in [0.4, 0.5) is 0 Å². The Labute approximate surface area is 174 Å². The van der Waals surface area contributed by atoms with E-state index < -0.39 is 15.7 Å². The first-order valence-electron chi connectivity index (χ1n) is 9.25. The molecule has 0 bridgehead atoms. The lowest BCUT2D eigenvalue weighted by molar-refractivity contribution is 0.0998. The first kappa shape index (κ1) is 21.0. The monoisotopic (exact) mass is 426 g/mol. The lowest BCUT2D eigenvalue weighted by atomic mass is 10.0. The van der Waals surface area contributed by atoms with Crippen LogP contribution in [0, 0.1) is 12.3 Å². The van der Waals surface area contributed by atoms with Crippen LogP contribution in [-0.2, 0) is 16.4 Å². The molecule has 1 amide bonds. The van der Waals surface area contributed by atoms with Gasteiger partial charge in [0.05, 0.1) is 27.4 Å². The molecule has 0 fully saturated rings. The van der Waals surface area contributed by atoms with Gasteiger partial charge in [-0.2, -0.15) is 4.99 Å². The largest absolute Gasteiger partial charge is 0.305 e. The van der Waals surface area contributed by atoms with Crippen LogP contribution in [0.3, 0.4) is 0 Å². The molecular weight excluding hydrogens is 404 g/mol. The summed E-state index contributed by atoms with van der Waals surface area (Å²) >= 11 is 1.41. The van der Waals surface area contributed by atoms with Gasteiger partial charge in [-0.05, 0) is 47.9 Å². The Bertz CT molecular complexity index is 1270. The molecule has 0 saturated heterocycles. The number of sulfone groups is 1. The van der Waals surface area contributed by atoms with Gasteiger partial charge < -0.3 is 4.57 Å². The highest BCUT2D eigenvalue weighted by molar-refractivity contribution is 7.91. The number of fused-ring (bicyclic) bond motifs is 1. The zero-order valence-corrected chi connectivity index (χ0v) is 18.2. The Balaban J connectivity index is 2.05. The summed E-state index contributed by atoms with van der Waals surface area (Å²) in [5.41, 5.74) is 2.47. The molecule has 3 aromatic rings. The van der Waals surface area contributed by atoms with Crippen LogP contribution >= 0.6 is 11.3 Å². The number of amides is 1. The molecule has 0 spiro atoms. The van der Waals surface area contributed by atoms with Crippen LogP contribution < -0.4 is 4.80 Å². The number of rotatable bonds is 5. The van der Waals surface area contributed by atoms with Gasteiger partial charge in [0.25, 0.3) is 5.91 Å². The van der Waals surface area contributed by atoms with Gasteiger partial charge in [-0.3, -0.25) is 4.79 Å². The summed E-state index contributed by atoms with van der Waals surface area (Å²) in [5.74, 6) is 2.58. The van der Waals surface area contributed by atoms with Gasteiger partial charge in [-0.25, -0.2) is 8.42 Å². The molecular formula is C22H22N2O3S2. The number of thiazole rings is 1. The summed E-state index contributed by atoms with van der Waals surface area (Å²) < 4.78 is 26.7. The second-order valence-electron chi connectivity index (χ2n) is 6.90. The Morgan fingerprint density at radius 3 is 2.48 bits per heavy atom. The van der Waals surface area contributed by atoms with E-state index in [1.807, 2.05) is 10.6 Å². The maximum Gasteiger partial charge on any atom is 0.279 e. The van der Waals surface area contributed by atoms with Crippen LogP contribution in [0.2, 0.25) is 0 Å². The Morgan fingerprint density at radius 2 is 1.90 bits per heavy atom. The normalized spacial score (nSPS) is 12.4. The van der Waals surface area contributed by atoms with E-state index in [9.17, 15) is 13.2 Å². The molecule has 0 aliphatic rings. The zero-order chi connectivity index (χ0) is 21.2. The first-order chi connectivity index (χ1) is 13.8. The number of hydrogen-bond acceptors (Lipinski definition) is 4. The molecule has 5 nitrogen and oxygen atoms in total. The van der Waals surface area contributed by atoms with Crippen molar-refractivity contribution in [3.8, 4) is 12.3 Å². The van der Waals surface area contributed by atoms with Crippen molar-refractivity contribution in [2.75, 3.05) is 5.75 Å². The van der Waals surface area contributed by atoms with Crippen molar-refractivity contribution in [1.82, 2.24) is 4.57 Å². The summed E-state index contributed by atoms with van der Waals surface area (Å²) in [5, 5.41) is 0. The summed E-state index contributed by atoms with van der Waals surface area (Å²) in [6.45, 7) is 6.14. The van der Waals surface area contributed by atoms with Crippen molar-refractivity contribution >= 4 is 37.3 Å². The second kappa shape index (κ2) is 8.36. The molecule has 0 radical (unpaired) electrons. The minimum atomic E-state index is -3.31. The maximum atomic E-state index is 12.7. The van der Waals surface area contributed by atoms with E-state index in [2.05, 4.69) is 36.9 Å². The van der Waals surface area contributed by atoms with Crippen LogP contribution in [0.5, 0.6) is 0 Å². The summed E-state index contributed by atoms with van der Waals surface area (Å²) in [4.78, 5) is 17.7. The fourth-order valence-electron chi connectivity index (χ4n) is 2.90. The van der Waals surface area contributed by atoms with E-state index >= 15 is 0 Å². The van der Waals surface area contributed by atoms with Gasteiger partial charge in [-0.15, -0.1) is 6.42 Å². The quantitative estimate of drug-likeness (QED) is 0.579. The van der Waals surface area contributed by atoms with E-state index in [1.54, 1.807) is 6.92 Å². The standard InChI is InChI=1S/C22H22N2O3S2/c1-5-13-24-19-12-9-17(15(3)4)14-20(19)28-22(24)23-21(25)16-7-10-18(11-8-16)29(26,27)6-2/h1,7-12,14-15H,6,13H2,2-4H3. The topological polar surface area (TPSA) is 68.5 Å². The first-order valence-corrected chi connectivity index (χ1v) is 11.7. The SMILES string of the molecule is C#CCn1c(=NC(=O)c2ccc(S(=O)(=O)CC)cc2)sc2cc(C(C)C)ccc21. The van der Waals surface area contributed by atoms with Crippen molar-refractivity contribution in [2.24, 2.45) is 4.99 Å². The molecule has 0 atom stereocenters. The number of terminal acetylenes is 1. The van der Waals surface area contributed by atoms with Crippen molar-refractivity contribution in [2.45, 2.75) is 38.1 Å². The van der Waals surface area contributed by atoms with Gasteiger partial charge in [0.2, 0.25) is 0 Å². The highest BCUT2D eigenvalue weighted by atomic mass is 32.2. The predicted octanol–water partition coefficient (Wildman–Crippen LogP) is 3.99. The van der Waals surface area contributed by atoms with E-state index in [0.29, 0.717) is 22.8 Å². The molecule has 29 heavy (non-hydrogen) atoms. The highest BCUT2D eigenvalue weighted by Crippen LogP contribution is 2.23. The third-order valence-electron chi connectivity index (χ3n) is 4.66. The fourth-order valence-corrected chi connectivity index (χ4v) is 4.86. The number of hydrogen-bond donors (Lipinski definition) is 0. The average molecular weight is 427 g/mol. The zero-order valence-electron chi connectivity index (χ0n) is 16.5. The molecule has 1 aromatic heterocycles. The summed E-state index contributed by atoms with van der Waals surface area (Å²) in [7, 11) is -3.31. The van der Waals surface area contributed by atoms with Crippen LogP contribution in [0.25, 0.3) is 10.2 Å². The molecule has 0 saturated carbocycles. The molecule has 0 unspecified atom stereocenters. The van der Waals surface area contributed by atoms with Crippen molar-refractivity contribution in [3.05, 3.63) is 58.4 Å². The lowest BCUT2D eigenvalue weighted by Crippen LogP contribution is -2.16. The molecule has 3 rings (SSSR count). The molecule has 1 heterocycles. The fraction of sp³-hybridized carbons (Fsp3) is 0.273. The Kier molecular flexibility index (Phi) is 6.06. The van der Waals surface area contributed by atoms with Crippen molar-refractivity contribution in [1.29, 1.82) is 0 Å². The van der Waals surface area contributed by atoms with Crippen LogP contribution in [-0.4, -0.2) is 24.6 Å². The summed E-state index contributed by atoms with van der Waals surface area (Å²) in [6, 6.07) is 12.0. The molecule has 0 N–H and O–H groups in total. The number of carbonyl (C=O) groups is 1. The number of aromatic nitrogens is 1. The highest BCUT2D eigenvalue weighted by Gasteiger charge is 2.14. The third-order valence-corrected chi connectivity index (χ3v) is 7.45.